The minimum absolute atomic E-state index is 0.342. The summed E-state index contributed by atoms with van der Waals surface area (Å²) in [5.74, 6) is 0.121. The van der Waals surface area contributed by atoms with Gasteiger partial charge in [0.1, 0.15) is 12.1 Å². The fourth-order valence-corrected chi connectivity index (χ4v) is 1.81. The third kappa shape index (κ3) is 2.52. The van der Waals surface area contributed by atoms with Crippen LogP contribution in [0, 0.1) is 12.7 Å². The van der Waals surface area contributed by atoms with E-state index < -0.39 is 0 Å². The van der Waals surface area contributed by atoms with Crippen molar-refractivity contribution in [3.8, 4) is 0 Å². The summed E-state index contributed by atoms with van der Waals surface area (Å²) < 4.78 is 13.8. The zero-order chi connectivity index (χ0) is 12.4. The largest absolute Gasteiger partial charge is 0.394 e. The van der Waals surface area contributed by atoms with Crippen LogP contribution in [0.3, 0.4) is 0 Å². The Morgan fingerprint density at radius 3 is 2.88 bits per heavy atom. The van der Waals surface area contributed by atoms with Crippen LogP contribution in [0.5, 0.6) is 0 Å². The molecule has 0 aliphatic carbocycles. The normalized spacial score (nSPS) is 10.3. The molecule has 1 aromatic heterocycles. The summed E-state index contributed by atoms with van der Waals surface area (Å²) in [5, 5.41) is 2.97. The summed E-state index contributed by atoms with van der Waals surface area (Å²) in [6.45, 7) is 1.86. The van der Waals surface area contributed by atoms with E-state index in [1.54, 1.807) is 6.07 Å². The van der Waals surface area contributed by atoms with E-state index in [0.717, 1.165) is 5.56 Å². The van der Waals surface area contributed by atoms with E-state index in [9.17, 15) is 4.39 Å². The highest BCUT2D eigenvalue weighted by Gasteiger charge is 2.07. The van der Waals surface area contributed by atoms with Gasteiger partial charge in [-0.25, -0.2) is 14.4 Å². The molecule has 0 aliphatic heterocycles. The zero-order valence-corrected chi connectivity index (χ0v) is 10.6. The number of aryl methyl sites for hydroxylation is 1. The maximum Gasteiger partial charge on any atom is 0.157 e. The first-order valence-electron chi connectivity index (χ1n) is 4.86. The number of halogens is 2. The lowest BCUT2D eigenvalue weighted by Crippen LogP contribution is -2.01. The lowest BCUT2D eigenvalue weighted by Gasteiger charge is -2.11. The molecular weight excluding hydrogens is 287 g/mol. The standard InChI is InChI=1S/C11H10BrFN4/c1-6-2-7(12)8(13)3-10(6)17-11-9(14)4-15-5-16-11/h2-5H,14H2,1H3,(H,15,16,17). The van der Waals surface area contributed by atoms with Gasteiger partial charge in [-0.05, 0) is 40.5 Å². The smallest absolute Gasteiger partial charge is 0.157 e. The second-order valence-electron chi connectivity index (χ2n) is 3.53. The zero-order valence-electron chi connectivity index (χ0n) is 9.04. The SMILES string of the molecule is Cc1cc(Br)c(F)cc1Nc1ncncc1N. The van der Waals surface area contributed by atoms with Crippen LogP contribution < -0.4 is 11.1 Å². The summed E-state index contributed by atoms with van der Waals surface area (Å²) in [7, 11) is 0. The van der Waals surface area contributed by atoms with E-state index in [4.69, 9.17) is 5.73 Å². The fraction of sp³-hybridized carbons (Fsp3) is 0.0909. The molecule has 0 bridgehead atoms. The van der Waals surface area contributed by atoms with E-state index >= 15 is 0 Å². The van der Waals surface area contributed by atoms with Crippen molar-refractivity contribution in [2.75, 3.05) is 11.1 Å². The van der Waals surface area contributed by atoms with Crippen LogP contribution in [-0.2, 0) is 0 Å². The molecule has 88 valence electrons. The molecule has 0 fully saturated rings. The summed E-state index contributed by atoms with van der Waals surface area (Å²) in [6, 6.07) is 3.08. The Hall–Kier alpha value is -1.69. The minimum Gasteiger partial charge on any atom is -0.394 e. The number of anilines is 3. The van der Waals surface area contributed by atoms with Crippen LogP contribution in [0.4, 0.5) is 21.6 Å². The van der Waals surface area contributed by atoms with Gasteiger partial charge in [0, 0.05) is 5.69 Å². The number of hydrogen-bond acceptors (Lipinski definition) is 4. The predicted octanol–water partition coefficient (Wildman–Crippen LogP) is 3.01. The number of nitrogens with two attached hydrogens (primary N) is 1. The van der Waals surface area contributed by atoms with Crippen LogP contribution in [-0.4, -0.2) is 9.97 Å². The third-order valence-electron chi connectivity index (χ3n) is 2.26. The summed E-state index contributed by atoms with van der Waals surface area (Å²) in [5.41, 5.74) is 7.61. The van der Waals surface area contributed by atoms with Gasteiger partial charge < -0.3 is 11.1 Å². The van der Waals surface area contributed by atoms with Gasteiger partial charge in [0.25, 0.3) is 0 Å². The number of aromatic nitrogens is 2. The van der Waals surface area contributed by atoms with E-state index in [2.05, 4.69) is 31.2 Å². The minimum atomic E-state index is -0.342. The fourth-order valence-electron chi connectivity index (χ4n) is 1.35. The maximum absolute atomic E-state index is 13.4. The quantitative estimate of drug-likeness (QED) is 0.894. The second-order valence-corrected chi connectivity index (χ2v) is 4.39. The molecule has 0 saturated heterocycles. The van der Waals surface area contributed by atoms with Crippen LogP contribution in [0.2, 0.25) is 0 Å². The molecule has 1 aromatic carbocycles. The molecule has 1 heterocycles. The van der Waals surface area contributed by atoms with Gasteiger partial charge in [0.05, 0.1) is 16.4 Å². The average molecular weight is 297 g/mol. The van der Waals surface area contributed by atoms with Crippen molar-refractivity contribution in [1.82, 2.24) is 9.97 Å². The van der Waals surface area contributed by atoms with Crippen molar-refractivity contribution in [3.05, 3.63) is 40.5 Å². The predicted molar refractivity (Wildman–Crippen MR) is 68.6 cm³/mol. The highest BCUT2D eigenvalue weighted by atomic mass is 79.9. The molecular formula is C11H10BrFN4. The topological polar surface area (TPSA) is 63.8 Å². The van der Waals surface area contributed by atoms with E-state index in [0.29, 0.717) is 21.7 Å². The molecule has 0 saturated carbocycles. The highest BCUT2D eigenvalue weighted by Crippen LogP contribution is 2.27. The molecule has 0 amide bonds. The average Bonchev–Trinajstić information content (AvgIpc) is 2.29. The first-order chi connectivity index (χ1) is 8.08. The van der Waals surface area contributed by atoms with Crippen LogP contribution >= 0.6 is 15.9 Å². The lowest BCUT2D eigenvalue weighted by molar-refractivity contribution is 0.621. The van der Waals surface area contributed by atoms with Crippen LogP contribution in [0.15, 0.2) is 29.1 Å². The van der Waals surface area contributed by atoms with Gasteiger partial charge in [-0.1, -0.05) is 0 Å². The highest BCUT2D eigenvalue weighted by molar-refractivity contribution is 9.10. The van der Waals surface area contributed by atoms with Gasteiger partial charge in [0.2, 0.25) is 0 Å². The molecule has 17 heavy (non-hydrogen) atoms. The Balaban J connectivity index is 2.37. The molecule has 4 nitrogen and oxygen atoms in total. The number of rotatable bonds is 2. The Bertz CT molecular complexity index is 559. The number of benzene rings is 1. The van der Waals surface area contributed by atoms with Gasteiger partial charge in [-0.3, -0.25) is 0 Å². The first-order valence-corrected chi connectivity index (χ1v) is 5.65. The maximum atomic E-state index is 13.4. The summed E-state index contributed by atoms with van der Waals surface area (Å²) in [6.07, 6.45) is 2.86. The van der Waals surface area contributed by atoms with E-state index in [1.165, 1.54) is 18.6 Å². The van der Waals surface area contributed by atoms with Crippen LogP contribution in [0.1, 0.15) is 5.56 Å². The molecule has 2 rings (SSSR count). The van der Waals surface area contributed by atoms with E-state index in [-0.39, 0.29) is 5.82 Å². The summed E-state index contributed by atoms with van der Waals surface area (Å²) in [4.78, 5) is 7.77. The molecule has 0 aliphatic rings. The summed E-state index contributed by atoms with van der Waals surface area (Å²) >= 11 is 3.13. The van der Waals surface area contributed by atoms with Gasteiger partial charge >= 0.3 is 0 Å². The lowest BCUT2D eigenvalue weighted by atomic mass is 10.2. The molecule has 0 spiro atoms. The van der Waals surface area contributed by atoms with Crippen molar-refractivity contribution in [2.45, 2.75) is 6.92 Å². The molecule has 0 radical (unpaired) electrons. The number of hydrogen-bond donors (Lipinski definition) is 2. The number of nitrogens with zero attached hydrogens (tertiary/aromatic N) is 2. The molecule has 6 heteroatoms. The van der Waals surface area contributed by atoms with Gasteiger partial charge in [-0.2, -0.15) is 0 Å². The van der Waals surface area contributed by atoms with E-state index in [1.807, 2.05) is 6.92 Å². The Labute approximate surface area is 106 Å². The Morgan fingerprint density at radius 2 is 2.18 bits per heavy atom. The monoisotopic (exact) mass is 296 g/mol. The molecule has 3 N–H and O–H groups in total. The molecule has 2 aromatic rings. The molecule has 0 unspecified atom stereocenters. The Morgan fingerprint density at radius 1 is 1.41 bits per heavy atom. The van der Waals surface area contributed by atoms with Crippen molar-refractivity contribution >= 4 is 33.1 Å². The Kier molecular flexibility index (Phi) is 3.23. The van der Waals surface area contributed by atoms with Crippen molar-refractivity contribution in [2.24, 2.45) is 0 Å². The van der Waals surface area contributed by atoms with Crippen molar-refractivity contribution in [3.63, 3.8) is 0 Å². The second kappa shape index (κ2) is 4.67. The van der Waals surface area contributed by atoms with Crippen LogP contribution in [0.25, 0.3) is 0 Å². The van der Waals surface area contributed by atoms with Gasteiger partial charge in [0.15, 0.2) is 5.82 Å². The molecule has 0 atom stereocenters. The van der Waals surface area contributed by atoms with Gasteiger partial charge in [-0.15, -0.1) is 0 Å². The first kappa shape index (κ1) is 11.8. The number of nitrogens with one attached hydrogen (secondary N) is 1. The number of nitrogen functional groups attached to an aromatic ring is 1. The third-order valence-corrected chi connectivity index (χ3v) is 2.87. The van der Waals surface area contributed by atoms with Crippen molar-refractivity contribution in [1.29, 1.82) is 0 Å². The van der Waals surface area contributed by atoms with Crippen molar-refractivity contribution < 1.29 is 4.39 Å².